The molecule has 0 amide bonds. The Morgan fingerprint density at radius 2 is 1.79 bits per heavy atom. The van der Waals surface area contributed by atoms with Gasteiger partial charge in [-0.1, -0.05) is 12.1 Å². The summed E-state index contributed by atoms with van der Waals surface area (Å²) in [4.78, 5) is 0. The fourth-order valence-corrected chi connectivity index (χ4v) is 1.51. The van der Waals surface area contributed by atoms with Crippen molar-refractivity contribution in [2.75, 3.05) is 13.2 Å². The largest absolute Gasteiger partial charge is 0.350 e. The number of aryl methyl sites for hydroxylation is 1. The SMILES string of the molecule is Fc1ccc(CCC2OCCO2)cc1. The quantitative estimate of drug-likeness (QED) is 0.737. The van der Waals surface area contributed by atoms with Crippen molar-refractivity contribution in [2.45, 2.75) is 19.1 Å². The van der Waals surface area contributed by atoms with E-state index in [0.29, 0.717) is 13.2 Å². The van der Waals surface area contributed by atoms with Gasteiger partial charge in [-0.15, -0.1) is 0 Å². The highest BCUT2D eigenvalue weighted by molar-refractivity contribution is 5.16. The third-order valence-corrected chi connectivity index (χ3v) is 2.27. The van der Waals surface area contributed by atoms with Crippen LogP contribution in [0, 0.1) is 5.82 Å². The Morgan fingerprint density at radius 3 is 2.43 bits per heavy atom. The average molecular weight is 196 g/mol. The van der Waals surface area contributed by atoms with Crippen LogP contribution >= 0.6 is 0 Å². The Labute approximate surface area is 82.6 Å². The highest BCUT2D eigenvalue weighted by Gasteiger charge is 2.15. The standard InChI is InChI=1S/C11H13FO2/c12-10-4-1-9(2-5-10)3-6-11-13-7-8-14-11/h1-2,4-5,11H,3,6-8H2. The van der Waals surface area contributed by atoms with E-state index in [1.165, 1.54) is 12.1 Å². The van der Waals surface area contributed by atoms with Gasteiger partial charge < -0.3 is 9.47 Å². The van der Waals surface area contributed by atoms with Gasteiger partial charge in [0, 0.05) is 6.42 Å². The molecule has 76 valence electrons. The molecule has 1 aliphatic heterocycles. The lowest BCUT2D eigenvalue weighted by Gasteiger charge is -2.08. The molecule has 1 aliphatic rings. The van der Waals surface area contributed by atoms with E-state index in [1.807, 2.05) is 0 Å². The van der Waals surface area contributed by atoms with E-state index in [2.05, 4.69) is 0 Å². The van der Waals surface area contributed by atoms with E-state index in [0.717, 1.165) is 18.4 Å². The summed E-state index contributed by atoms with van der Waals surface area (Å²) in [7, 11) is 0. The fourth-order valence-electron chi connectivity index (χ4n) is 1.51. The van der Waals surface area contributed by atoms with Crippen molar-refractivity contribution < 1.29 is 13.9 Å². The van der Waals surface area contributed by atoms with Gasteiger partial charge in [0.25, 0.3) is 0 Å². The molecule has 0 saturated carbocycles. The van der Waals surface area contributed by atoms with Crippen molar-refractivity contribution in [3.63, 3.8) is 0 Å². The molecule has 1 aromatic rings. The minimum absolute atomic E-state index is 0.0694. The van der Waals surface area contributed by atoms with Crippen LogP contribution in [0.3, 0.4) is 0 Å². The third kappa shape index (κ3) is 2.53. The molecule has 0 bridgehead atoms. The van der Waals surface area contributed by atoms with Gasteiger partial charge in [-0.2, -0.15) is 0 Å². The molecule has 0 aliphatic carbocycles. The molecule has 0 atom stereocenters. The van der Waals surface area contributed by atoms with Crippen molar-refractivity contribution in [1.82, 2.24) is 0 Å². The van der Waals surface area contributed by atoms with E-state index < -0.39 is 0 Å². The summed E-state index contributed by atoms with van der Waals surface area (Å²) < 4.78 is 23.2. The topological polar surface area (TPSA) is 18.5 Å². The van der Waals surface area contributed by atoms with Crippen molar-refractivity contribution in [1.29, 1.82) is 0 Å². The fraction of sp³-hybridized carbons (Fsp3) is 0.455. The molecular formula is C11H13FO2. The average Bonchev–Trinajstić information content (AvgIpc) is 2.70. The Hall–Kier alpha value is -0.930. The summed E-state index contributed by atoms with van der Waals surface area (Å²) in [6.45, 7) is 1.38. The second kappa shape index (κ2) is 4.53. The Bertz CT molecular complexity index is 278. The number of ether oxygens (including phenoxy) is 2. The molecule has 1 aromatic carbocycles. The molecule has 1 saturated heterocycles. The summed E-state index contributed by atoms with van der Waals surface area (Å²) in [5.74, 6) is -0.192. The van der Waals surface area contributed by atoms with Crippen LogP contribution in [0.4, 0.5) is 4.39 Å². The summed E-state index contributed by atoms with van der Waals surface area (Å²) in [6.07, 6.45) is 1.64. The van der Waals surface area contributed by atoms with Gasteiger partial charge in [-0.05, 0) is 24.1 Å². The molecule has 0 N–H and O–H groups in total. The molecule has 1 heterocycles. The summed E-state index contributed by atoms with van der Waals surface area (Å²) >= 11 is 0. The van der Waals surface area contributed by atoms with Crippen LogP contribution in [-0.2, 0) is 15.9 Å². The monoisotopic (exact) mass is 196 g/mol. The lowest BCUT2D eigenvalue weighted by molar-refractivity contribution is -0.0461. The molecule has 14 heavy (non-hydrogen) atoms. The van der Waals surface area contributed by atoms with Crippen LogP contribution in [0.15, 0.2) is 24.3 Å². The molecule has 0 aromatic heterocycles. The molecule has 0 radical (unpaired) electrons. The molecule has 2 rings (SSSR count). The third-order valence-electron chi connectivity index (χ3n) is 2.27. The zero-order valence-electron chi connectivity index (χ0n) is 7.91. The second-order valence-electron chi connectivity index (χ2n) is 3.34. The smallest absolute Gasteiger partial charge is 0.158 e. The van der Waals surface area contributed by atoms with Gasteiger partial charge in [-0.25, -0.2) is 4.39 Å². The Morgan fingerprint density at radius 1 is 1.14 bits per heavy atom. The van der Waals surface area contributed by atoms with E-state index >= 15 is 0 Å². The minimum Gasteiger partial charge on any atom is -0.350 e. The van der Waals surface area contributed by atoms with Gasteiger partial charge in [0.15, 0.2) is 6.29 Å². The molecule has 0 unspecified atom stereocenters. The van der Waals surface area contributed by atoms with Crippen LogP contribution in [0.2, 0.25) is 0 Å². The number of hydrogen-bond acceptors (Lipinski definition) is 2. The van der Waals surface area contributed by atoms with Gasteiger partial charge in [0.2, 0.25) is 0 Å². The molecular weight excluding hydrogens is 183 g/mol. The summed E-state index contributed by atoms with van der Waals surface area (Å²) in [6, 6.07) is 6.55. The Balaban J connectivity index is 1.82. The van der Waals surface area contributed by atoms with Crippen LogP contribution < -0.4 is 0 Å². The molecule has 0 spiro atoms. The zero-order valence-corrected chi connectivity index (χ0v) is 7.91. The molecule has 3 heteroatoms. The number of rotatable bonds is 3. The van der Waals surface area contributed by atoms with Crippen LogP contribution in [0.25, 0.3) is 0 Å². The highest BCUT2D eigenvalue weighted by Crippen LogP contribution is 2.12. The Kier molecular flexibility index (Phi) is 3.11. The van der Waals surface area contributed by atoms with Crippen molar-refractivity contribution >= 4 is 0 Å². The predicted octanol–water partition coefficient (Wildman–Crippen LogP) is 2.13. The van der Waals surface area contributed by atoms with Gasteiger partial charge in [0.1, 0.15) is 5.82 Å². The number of hydrogen-bond donors (Lipinski definition) is 0. The first-order chi connectivity index (χ1) is 6.84. The maximum absolute atomic E-state index is 12.6. The number of benzene rings is 1. The van der Waals surface area contributed by atoms with E-state index in [-0.39, 0.29) is 12.1 Å². The van der Waals surface area contributed by atoms with E-state index in [9.17, 15) is 4.39 Å². The van der Waals surface area contributed by atoms with Gasteiger partial charge >= 0.3 is 0 Å². The van der Waals surface area contributed by atoms with E-state index in [1.54, 1.807) is 12.1 Å². The van der Waals surface area contributed by atoms with Crippen LogP contribution in [-0.4, -0.2) is 19.5 Å². The van der Waals surface area contributed by atoms with Crippen molar-refractivity contribution in [3.8, 4) is 0 Å². The first kappa shape index (κ1) is 9.62. The maximum Gasteiger partial charge on any atom is 0.158 e. The highest BCUT2D eigenvalue weighted by atomic mass is 19.1. The van der Waals surface area contributed by atoms with Crippen LogP contribution in [0.5, 0.6) is 0 Å². The minimum atomic E-state index is -0.192. The van der Waals surface area contributed by atoms with Gasteiger partial charge in [-0.3, -0.25) is 0 Å². The normalized spacial score (nSPS) is 17.5. The van der Waals surface area contributed by atoms with E-state index in [4.69, 9.17) is 9.47 Å². The second-order valence-corrected chi connectivity index (χ2v) is 3.34. The van der Waals surface area contributed by atoms with Gasteiger partial charge in [0.05, 0.1) is 13.2 Å². The summed E-state index contributed by atoms with van der Waals surface area (Å²) in [5.41, 5.74) is 1.12. The lowest BCUT2D eigenvalue weighted by Crippen LogP contribution is -2.08. The zero-order chi connectivity index (χ0) is 9.80. The first-order valence-corrected chi connectivity index (χ1v) is 4.82. The van der Waals surface area contributed by atoms with Crippen molar-refractivity contribution in [3.05, 3.63) is 35.6 Å². The van der Waals surface area contributed by atoms with Crippen molar-refractivity contribution in [2.24, 2.45) is 0 Å². The molecule has 1 fully saturated rings. The predicted molar refractivity (Wildman–Crippen MR) is 50.4 cm³/mol. The number of halogens is 1. The van der Waals surface area contributed by atoms with Crippen LogP contribution in [0.1, 0.15) is 12.0 Å². The summed E-state index contributed by atoms with van der Waals surface area (Å²) in [5, 5.41) is 0. The maximum atomic E-state index is 12.6. The first-order valence-electron chi connectivity index (χ1n) is 4.82. The molecule has 2 nitrogen and oxygen atoms in total. The lowest BCUT2D eigenvalue weighted by atomic mass is 10.1.